The predicted molar refractivity (Wildman–Crippen MR) is 54.5 cm³/mol. The van der Waals surface area contributed by atoms with Crippen LogP contribution < -0.4 is 0 Å². The van der Waals surface area contributed by atoms with Crippen LogP contribution in [0.25, 0.3) is 0 Å². The Labute approximate surface area is 85.2 Å². The normalized spacial score (nSPS) is 10.2. The lowest BCUT2D eigenvalue weighted by Gasteiger charge is -1.90. The van der Waals surface area contributed by atoms with Crippen molar-refractivity contribution in [2.45, 2.75) is 24.1 Å². The molecule has 1 aromatic rings. The molecule has 1 N–H and O–H groups in total. The maximum absolute atomic E-state index is 10.3. The first-order valence-electron chi connectivity index (χ1n) is 4.01. The van der Waals surface area contributed by atoms with Crippen LogP contribution in [0.5, 0.6) is 0 Å². The van der Waals surface area contributed by atoms with Crippen molar-refractivity contribution in [3.8, 4) is 0 Å². The maximum Gasteiger partial charge on any atom is 0.313 e. The van der Waals surface area contributed by atoms with Gasteiger partial charge in [-0.1, -0.05) is 25.1 Å². The Kier molecular flexibility index (Phi) is 4.24. The Morgan fingerprint density at radius 2 is 2.54 bits per heavy atom. The Morgan fingerprint density at radius 3 is 3.15 bits per heavy atom. The molecule has 0 saturated carbocycles. The van der Waals surface area contributed by atoms with Crippen LogP contribution in [0.1, 0.15) is 19.0 Å². The molecule has 0 spiro atoms. The average molecular weight is 217 g/mol. The molecule has 0 fully saturated rings. The van der Waals surface area contributed by atoms with Crippen LogP contribution in [0.4, 0.5) is 0 Å². The summed E-state index contributed by atoms with van der Waals surface area (Å²) in [6, 6.07) is 0. The van der Waals surface area contributed by atoms with Crippen molar-refractivity contribution < 1.29 is 9.90 Å². The Morgan fingerprint density at radius 1 is 1.77 bits per heavy atom. The minimum absolute atomic E-state index is 0.0963. The second kappa shape index (κ2) is 5.24. The van der Waals surface area contributed by atoms with Gasteiger partial charge in [-0.05, 0) is 6.42 Å². The van der Waals surface area contributed by atoms with Gasteiger partial charge in [-0.2, -0.15) is 0 Å². The monoisotopic (exact) mass is 217 g/mol. The van der Waals surface area contributed by atoms with Gasteiger partial charge in [-0.3, -0.25) is 4.79 Å². The SMILES string of the molecule is CCCc1csc(SCC(=O)O)n1. The number of carbonyl (C=O) groups is 1. The Hall–Kier alpha value is -0.550. The minimum Gasteiger partial charge on any atom is -0.481 e. The molecule has 0 unspecified atom stereocenters. The summed E-state index contributed by atoms with van der Waals surface area (Å²) < 4.78 is 0.853. The molecule has 72 valence electrons. The molecular weight excluding hydrogens is 206 g/mol. The fourth-order valence-electron chi connectivity index (χ4n) is 0.849. The second-order valence-corrected chi connectivity index (χ2v) is 4.62. The average Bonchev–Trinajstić information content (AvgIpc) is 2.50. The highest BCUT2D eigenvalue weighted by molar-refractivity contribution is 8.01. The molecule has 1 rings (SSSR count). The number of hydrogen-bond acceptors (Lipinski definition) is 4. The largest absolute Gasteiger partial charge is 0.481 e. The zero-order valence-corrected chi connectivity index (χ0v) is 8.95. The highest BCUT2D eigenvalue weighted by Crippen LogP contribution is 2.22. The highest BCUT2D eigenvalue weighted by atomic mass is 32.2. The molecular formula is C8H11NO2S2. The van der Waals surface area contributed by atoms with Crippen LogP contribution in [0.2, 0.25) is 0 Å². The molecule has 0 bridgehead atoms. The van der Waals surface area contributed by atoms with Crippen molar-refractivity contribution in [3.63, 3.8) is 0 Å². The van der Waals surface area contributed by atoms with E-state index in [2.05, 4.69) is 11.9 Å². The third-order valence-corrected chi connectivity index (χ3v) is 3.41. The highest BCUT2D eigenvalue weighted by Gasteiger charge is 2.04. The van der Waals surface area contributed by atoms with Gasteiger partial charge in [0, 0.05) is 5.38 Å². The molecule has 0 aliphatic rings. The molecule has 5 heteroatoms. The van der Waals surface area contributed by atoms with Crippen molar-refractivity contribution >= 4 is 29.1 Å². The van der Waals surface area contributed by atoms with Gasteiger partial charge in [0.15, 0.2) is 4.34 Å². The van der Waals surface area contributed by atoms with E-state index in [0.717, 1.165) is 22.9 Å². The van der Waals surface area contributed by atoms with Gasteiger partial charge < -0.3 is 5.11 Å². The van der Waals surface area contributed by atoms with E-state index in [1.807, 2.05) is 5.38 Å². The zero-order chi connectivity index (χ0) is 9.68. The van der Waals surface area contributed by atoms with Crippen LogP contribution in [-0.4, -0.2) is 21.8 Å². The van der Waals surface area contributed by atoms with E-state index in [1.165, 1.54) is 23.1 Å². The van der Waals surface area contributed by atoms with Crippen LogP contribution in [0, 0.1) is 0 Å². The van der Waals surface area contributed by atoms with Gasteiger partial charge in [0.2, 0.25) is 0 Å². The number of carboxylic acid groups (broad SMARTS) is 1. The minimum atomic E-state index is -0.794. The fourth-order valence-corrected chi connectivity index (χ4v) is 2.45. The van der Waals surface area contributed by atoms with Crippen molar-refractivity contribution in [1.29, 1.82) is 0 Å². The van der Waals surface area contributed by atoms with Crippen LogP contribution in [0.3, 0.4) is 0 Å². The predicted octanol–water partition coefficient (Wildman–Crippen LogP) is 2.27. The number of hydrogen-bond donors (Lipinski definition) is 1. The lowest BCUT2D eigenvalue weighted by molar-refractivity contribution is -0.133. The van der Waals surface area contributed by atoms with E-state index < -0.39 is 5.97 Å². The molecule has 3 nitrogen and oxygen atoms in total. The number of nitrogens with zero attached hydrogens (tertiary/aromatic N) is 1. The molecule has 0 radical (unpaired) electrons. The molecule has 1 heterocycles. The van der Waals surface area contributed by atoms with Gasteiger partial charge in [-0.15, -0.1) is 11.3 Å². The number of aromatic nitrogens is 1. The fraction of sp³-hybridized carbons (Fsp3) is 0.500. The number of aryl methyl sites for hydroxylation is 1. The van der Waals surface area contributed by atoms with Gasteiger partial charge in [0.05, 0.1) is 11.4 Å². The Balaban J connectivity index is 2.44. The van der Waals surface area contributed by atoms with Crippen LogP contribution in [-0.2, 0) is 11.2 Å². The van der Waals surface area contributed by atoms with E-state index >= 15 is 0 Å². The molecule has 0 saturated heterocycles. The summed E-state index contributed by atoms with van der Waals surface area (Å²) in [5.41, 5.74) is 1.07. The standard InChI is InChI=1S/C8H11NO2S2/c1-2-3-6-4-12-8(9-6)13-5-7(10)11/h4H,2-3,5H2,1H3,(H,10,11). The molecule has 0 atom stereocenters. The van der Waals surface area contributed by atoms with Gasteiger partial charge >= 0.3 is 5.97 Å². The lowest BCUT2D eigenvalue weighted by atomic mass is 10.3. The molecule has 0 aromatic carbocycles. The smallest absolute Gasteiger partial charge is 0.313 e. The first-order chi connectivity index (χ1) is 6.22. The lowest BCUT2D eigenvalue weighted by Crippen LogP contribution is -1.97. The van der Waals surface area contributed by atoms with E-state index in [-0.39, 0.29) is 5.75 Å². The van der Waals surface area contributed by atoms with Crippen LogP contribution >= 0.6 is 23.1 Å². The van der Waals surface area contributed by atoms with E-state index in [1.54, 1.807) is 0 Å². The summed E-state index contributed by atoms with van der Waals surface area (Å²) >= 11 is 2.80. The van der Waals surface area contributed by atoms with Gasteiger partial charge in [0.25, 0.3) is 0 Å². The summed E-state index contributed by atoms with van der Waals surface area (Å²) in [6.45, 7) is 2.10. The van der Waals surface area contributed by atoms with Crippen LogP contribution in [0.15, 0.2) is 9.72 Å². The molecule has 0 aliphatic carbocycles. The summed E-state index contributed by atoms with van der Waals surface area (Å²) in [6.07, 6.45) is 2.05. The Bertz CT molecular complexity index is 285. The van der Waals surface area contributed by atoms with Crippen molar-refractivity contribution in [2.75, 3.05) is 5.75 Å². The molecule has 1 aromatic heterocycles. The van der Waals surface area contributed by atoms with Gasteiger partial charge in [0.1, 0.15) is 0 Å². The number of thioether (sulfide) groups is 1. The summed E-state index contributed by atoms with van der Waals surface area (Å²) in [5, 5.41) is 10.4. The number of thiazole rings is 1. The number of carboxylic acids is 1. The van der Waals surface area contributed by atoms with Crippen molar-refractivity contribution in [2.24, 2.45) is 0 Å². The van der Waals surface area contributed by atoms with E-state index in [0.29, 0.717) is 0 Å². The van der Waals surface area contributed by atoms with E-state index in [9.17, 15) is 4.79 Å². The number of rotatable bonds is 5. The van der Waals surface area contributed by atoms with E-state index in [4.69, 9.17) is 5.11 Å². The van der Waals surface area contributed by atoms with Crippen molar-refractivity contribution in [1.82, 2.24) is 4.98 Å². The second-order valence-electron chi connectivity index (χ2n) is 2.54. The van der Waals surface area contributed by atoms with Gasteiger partial charge in [-0.25, -0.2) is 4.98 Å². The first-order valence-corrected chi connectivity index (χ1v) is 5.88. The summed E-state index contributed by atoms with van der Waals surface area (Å²) in [5.74, 6) is -0.698. The zero-order valence-electron chi connectivity index (χ0n) is 7.32. The topological polar surface area (TPSA) is 50.2 Å². The number of aliphatic carboxylic acids is 1. The third-order valence-electron chi connectivity index (χ3n) is 1.36. The van der Waals surface area contributed by atoms with Crippen molar-refractivity contribution in [3.05, 3.63) is 11.1 Å². The third kappa shape index (κ3) is 3.78. The maximum atomic E-state index is 10.3. The summed E-state index contributed by atoms with van der Waals surface area (Å²) in [4.78, 5) is 14.6. The molecule has 0 amide bonds. The molecule has 0 aliphatic heterocycles. The quantitative estimate of drug-likeness (QED) is 0.769. The molecule has 13 heavy (non-hydrogen) atoms. The summed E-state index contributed by atoms with van der Waals surface area (Å²) in [7, 11) is 0. The first kappa shape index (κ1) is 10.5.